The lowest BCUT2D eigenvalue weighted by molar-refractivity contribution is -0.120. The monoisotopic (exact) mass is 226 g/mol. The number of nitrogens with two attached hydrogens (primary N) is 1. The van der Waals surface area contributed by atoms with E-state index in [4.69, 9.17) is 5.73 Å². The molecule has 0 fully saturated rings. The maximum Gasteiger partial charge on any atom is 0.227 e. The SMILES string of the molecule is CN(C(=O)CC(C)(C)CN)c1cccs1. The molecule has 0 aliphatic rings. The lowest BCUT2D eigenvalue weighted by Crippen LogP contribution is -2.34. The number of nitrogens with zero attached hydrogens (tertiary/aromatic N) is 1. The summed E-state index contributed by atoms with van der Waals surface area (Å²) >= 11 is 1.57. The van der Waals surface area contributed by atoms with Crippen LogP contribution < -0.4 is 10.6 Å². The zero-order chi connectivity index (χ0) is 11.5. The Hall–Kier alpha value is -0.870. The summed E-state index contributed by atoms with van der Waals surface area (Å²) in [7, 11) is 1.81. The van der Waals surface area contributed by atoms with Crippen molar-refractivity contribution in [3.63, 3.8) is 0 Å². The highest BCUT2D eigenvalue weighted by Crippen LogP contribution is 2.24. The Labute approximate surface area is 94.9 Å². The second kappa shape index (κ2) is 4.77. The molecular formula is C11H18N2OS. The third kappa shape index (κ3) is 3.32. The molecule has 84 valence electrons. The van der Waals surface area contributed by atoms with Gasteiger partial charge in [-0.15, -0.1) is 11.3 Å². The van der Waals surface area contributed by atoms with Crippen molar-refractivity contribution in [2.75, 3.05) is 18.5 Å². The molecule has 0 spiro atoms. The summed E-state index contributed by atoms with van der Waals surface area (Å²) in [4.78, 5) is 13.6. The summed E-state index contributed by atoms with van der Waals surface area (Å²) in [5.74, 6) is 0.118. The highest BCUT2D eigenvalue weighted by atomic mass is 32.1. The summed E-state index contributed by atoms with van der Waals surface area (Å²) in [5, 5.41) is 2.94. The maximum atomic E-state index is 11.9. The van der Waals surface area contributed by atoms with Crippen LogP contribution in [0, 0.1) is 5.41 Å². The number of thiophene rings is 1. The van der Waals surface area contributed by atoms with Crippen molar-refractivity contribution in [1.82, 2.24) is 0 Å². The van der Waals surface area contributed by atoms with E-state index in [0.717, 1.165) is 5.00 Å². The molecule has 1 amide bonds. The largest absolute Gasteiger partial charge is 0.330 e. The van der Waals surface area contributed by atoms with Crippen molar-refractivity contribution in [3.8, 4) is 0 Å². The van der Waals surface area contributed by atoms with Crippen molar-refractivity contribution in [3.05, 3.63) is 17.5 Å². The minimum absolute atomic E-state index is 0.118. The highest BCUT2D eigenvalue weighted by molar-refractivity contribution is 7.14. The minimum atomic E-state index is -0.122. The van der Waals surface area contributed by atoms with Crippen molar-refractivity contribution >= 4 is 22.2 Å². The van der Waals surface area contributed by atoms with Crippen LogP contribution in [0.1, 0.15) is 20.3 Å². The predicted molar refractivity (Wildman–Crippen MR) is 65.2 cm³/mol. The topological polar surface area (TPSA) is 46.3 Å². The molecule has 3 nitrogen and oxygen atoms in total. The molecule has 0 aliphatic carbocycles. The maximum absolute atomic E-state index is 11.9. The number of amides is 1. The number of anilines is 1. The molecule has 1 rings (SSSR count). The van der Waals surface area contributed by atoms with E-state index in [2.05, 4.69) is 0 Å². The molecule has 0 aromatic carbocycles. The average Bonchev–Trinajstić information content (AvgIpc) is 2.68. The van der Waals surface area contributed by atoms with Gasteiger partial charge in [0.2, 0.25) is 5.91 Å². The van der Waals surface area contributed by atoms with E-state index in [1.54, 1.807) is 23.3 Å². The fourth-order valence-electron chi connectivity index (χ4n) is 1.18. The summed E-state index contributed by atoms with van der Waals surface area (Å²) in [5.41, 5.74) is 5.48. The van der Waals surface area contributed by atoms with Crippen LogP contribution in [0.5, 0.6) is 0 Å². The molecule has 1 aromatic rings. The van der Waals surface area contributed by atoms with E-state index >= 15 is 0 Å². The Balaban J connectivity index is 2.62. The Morgan fingerprint density at radius 1 is 1.60 bits per heavy atom. The normalized spacial score (nSPS) is 11.5. The van der Waals surface area contributed by atoms with Gasteiger partial charge in [-0.3, -0.25) is 4.79 Å². The van der Waals surface area contributed by atoms with Crippen LogP contribution >= 0.6 is 11.3 Å². The van der Waals surface area contributed by atoms with E-state index in [-0.39, 0.29) is 11.3 Å². The van der Waals surface area contributed by atoms with Crippen LogP contribution in [-0.2, 0) is 4.79 Å². The molecule has 15 heavy (non-hydrogen) atoms. The van der Waals surface area contributed by atoms with Crippen LogP contribution in [0.2, 0.25) is 0 Å². The Morgan fingerprint density at radius 2 is 2.27 bits per heavy atom. The van der Waals surface area contributed by atoms with E-state index in [1.807, 2.05) is 31.4 Å². The number of carbonyl (C=O) groups excluding carboxylic acids is 1. The smallest absolute Gasteiger partial charge is 0.227 e. The van der Waals surface area contributed by atoms with Gasteiger partial charge in [0.05, 0.1) is 5.00 Å². The van der Waals surface area contributed by atoms with Gasteiger partial charge < -0.3 is 10.6 Å². The third-order valence-electron chi connectivity index (χ3n) is 2.39. The summed E-state index contributed by atoms with van der Waals surface area (Å²) in [6, 6.07) is 3.88. The van der Waals surface area contributed by atoms with E-state index in [1.165, 1.54) is 0 Å². The van der Waals surface area contributed by atoms with Crippen molar-refractivity contribution in [2.24, 2.45) is 11.1 Å². The minimum Gasteiger partial charge on any atom is -0.330 e. The average molecular weight is 226 g/mol. The summed E-state index contributed by atoms with van der Waals surface area (Å²) in [6.45, 7) is 4.54. The van der Waals surface area contributed by atoms with Crippen LogP contribution in [0.4, 0.5) is 5.00 Å². The lowest BCUT2D eigenvalue weighted by Gasteiger charge is -2.24. The Kier molecular flexibility index (Phi) is 3.88. The van der Waals surface area contributed by atoms with E-state index in [9.17, 15) is 4.79 Å². The quantitative estimate of drug-likeness (QED) is 0.854. The van der Waals surface area contributed by atoms with Crippen molar-refractivity contribution in [1.29, 1.82) is 0 Å². The predicted octanol–water partition coefficient (Wildman–Crippen LogP) is 2.09. The lowest BCUT2D eigenvalue weighted by atomic mass is 9.89. The first-order valence-corrected chi connectivity index (χ1v) is 5.84. The molecule has 2 N–H and O–H groups in total. The van der Waals surface area contributed by atoms with Crippen molar-refractivity contribution in [2.45, 2.75) is 20.3 Å². The van der Waals surface area contributed by atoms with Gasteiger partial charge in [0.1, 0.15) is 0 Å². The van der Waals surface area contributed by atoms with Gasteiger partial charge in [0, 0.05) is 13.5 Å². The van der Waals surface area contributed by atoms with Gasteiger partial charge in [0.25, 0.3) is 0 Å². The van der Waals surface area contributed by atoms with Gasteiger partial charge in [-0.2, -0.15) is 0 Å². The zero-order valence-corrected chi connectivity index (χ0v) is 10.3. The molecule has 4 heteroatoms. The molecule has 0 unspecified atom stereocenters. The second-order valence-electron chi connectivity index (χ2n) is 4.45. The van der Waals surface area contributed by atoms with Gasteiger partial charge in [-0.25, -0.2) is 0 Å². The number of carbonyl (C=O) groups is 1. The zero-order valence-electron chi connectivity index (χ0n) is 9.49. The third-order valence-corrected chi connectivity index (χ3v) is 3.34. The fourth-order valence-corrected chi connectivity index (χ4v) is 1.90. The number of hydrogen-bond acceptors (Lipinski definition) is 3. The number of hydrogen-bond donors (Lipinski definition) is 1. The Bertz CT molecular complexity index is 319. The molecule has 0 radical (unpaired) electrons. The first-order chi connectivity index (χ1) is 6.96. The highest BCUT2D eigenvalue weighted by Gasteiger charge is 2.23. The molecule has 0 bridgehead atoms. The van der Waals surface area contributed by atoms with Crippen LogP contribution in [0.25, 0.3) is 0 Å². The fraction of sp³-hybridized carbons (Fsp3) is 0.545. The first kappa shape index (κ1) is 12.2. The molecule has 1 aromatic heterocycles. The van der Waals surface area contributed by atoms with Crippen LogP contribution in [0.3, 0.4) is 0 Å². The molecular weight excluding hydrogens is 208 g/mol. The van der Waals surface area contributed by atoms with Gasteiger partial charge in [-0.1, -0.05) is 13.8 Å². The molecule has 1 heterocycles. The number of rotatable bonds is 4. The Morgan fingerprint density at radius 3 is 2.73 bits per heavy atom. The summed E-state index contributed by atoms with van der Waals surface area (Å²) < 4.78 is 0. The molecule has 0 saturated carbocycles. The van der Waals surface area contributed by atoms with Crippen LogP contribution in [-0.4, -0.2) is 19.5 Å². The van der Waals surface area contributed by atoms with Gasteiger partial charge in [-0.05, 0) is 29.5 Å². The summed E-state index contributed by atoms with van der Waals surface area (Å²) in [6.07, 6.45) is 0.484. The van der Waals surface area contributed by atoms with E-state index in [0.29, 0.717) is 13.0 Å². The molecule has 0 saturated heterocycles. The van der Waals surface area contributed by atoms with Gasteiger partial charge in [0.15, 0.2) is 0 Å². The molecule has 0 atom stereocenters. The first-order valence-electron chi connectivity index (χ1n) is 4.96. The second-order valence-corrected chi connectivity index (χ2v) is 5.38. The van der Waals surface area contributed by atoms with Crippen molar-refractivity contribution < 1.29 is 4.79 Å². The molecule has 0 aliphatic heterocycles. The van der Waals surface area contributed by atoms with E-state index < -0.39 is 0 Å². The van der Waals surface area contributed by atoms with Gasteiger partial charge >= 0.3 is 0 Å². The van der Waals surface area contributed by atoms with Crippen LogP contribution in [0.15, 0.2) is 17.5 Å². The standard InChI is InChI=1S/C11H18N2OS/c1-11(2,8-12)7-9(14)13(3)10-5-4-6-15-10/h4-6H,7-8,12H2,1-3H3.